The van der Waals surface area contributed by atoms with E-state index < -0.39 is 0 Å². The number of amides is 1. The van der Waals surface area contributed by atoms with Gasteiger partial charge in [-0.25, -0.2) is 9.97 Å². The Morgan fingerprint density at radius 1 is 1.15 bits per heavy atom. The summed E-state index contributed by atoms with van der Waals surface area (Å²) in [5, 5.41) is 3.19. The van der Waals surface area contributed by atoms with E-state index in [2.05, 4.69) is 27.2 Å². The van der Waals surface area contributed by atoms with Crippen molar-refractivity contribution in [3.63, 3.8) is 0 Å². The van der Waals surface area contributed by atoms with Gasteiger partial charge in [-0.15, -0.1) is 0 Å². The number of anilines is 1. The van der Waals surface area contributed by atoms with E-state index in [9.17, 15) is 4.79 Å². The standard InChI is InChI=1S/C19H25N5O2/c1-23-9-11-24(12-10-23)18(25)16-13-21-19(22-14-16)20-8-7-15-5-3-4-6-17(15)26-2/h3-6,13-14H,7-12H2,1-2H3,(H,20,21,22). The molecule has 0 spiro atoms. The normalized spacial score (nSPS) is 14.9. The molecule has 1 N–H and O–H groups in total. The molecule has 3 rings (SSSR count). The molecule has 2 heterocycles. The van der Waals surface area contributed by atoms with Crippen LogP contribution in [-0.2, 0) is 6.42 Å². The molecule has 1 aromatic carbocycles. The van der Waals surface area contributed by atoms with Crippen molar-refractivity contribution in [2.45, 2.75) is 6.42 Å². The van der Waals surface area contributed by atoms with Crippen LogP contribution in [0.15, 0.2) is 36.7 Å². The number of benzene rings is 1. The lowest BCUT2D eigenvalue weighted by molar-refractivity contribution is 0.0663. The Morgan fingerprint density at radius 3 is 2.54 bits per heavy atom. The summed E-state index contributed by atoms with van der Waals surface area (Å²) < 4.78 is 5.35. The molecule has 26 heavy (non-hydrogen) atoms. The second kappa shape index (κ2) is 8.62. The molecule has 1 fully saturated rings. The third kappa shape index (κ3) is 4.49. The van der Waals surface area contributed by atoms with Crippen LogP contribution in [0.2, 0.25) is 0 Å². The van der Waals surface area contributed by atoms with Gasteiger partial charge >= 0.3 is 0 Å². The highest BCUT2D eigenvalue weighted by molar-refractivity contribution is 5.93. The van der Waals surface area contributed by atoms with Gasteiger partial charge < -0.3 is 19.9 Å². The molecular weight excluding hydrogens is 330 g/mol. The Hall–Kier alpha value is -2.67. The highest BCUT2D eigenvalue weighted by Gasteiger charge is 2.20. The molecule has 1 aliphatic rings. The van der Waals surface area contributed by atoms with Crippen LogP contribution in [0.4, 0.5) is 5.95 Å². The quantitative estimate of drug-likeness (QED) is 0.847. The third-order valence-electron chi connectivity index (χ3n) is 4.56. The molecule has 0 unspecified atom stereocenters. The number of nitrogens with one attached hydrogen (secondary N) is 1. The molecule has 1 aliphatic heterocycles. The van der Waals surface area contributed by atoms with Crippen molar-refractivity contribution >= 4 is 11.9 Å². The molecule has 7 heteroatoms. The molecule has 0 aliphatic carbocycles. The van der Waals surface area contributed by atoms with Crippen molar-refractivity contribution in [3.8, 4) is 5.75 Å². The van der Waals surface area contributed by atoms with Gasteiger partial charge in [0.1, 0.15) is 5.75 Å². The highest BCUT2D eigenvalue weighted by atomic mass is 16.5. The Morgan fingerprint density at radius 2 is 1.85 bits per heavy atom. The van der Waals surface area contributed by atoms with Crippen molar-refractivity contribution in [1.82, 2.24) is 19.8 Å². The molecule has 0 saturated carbocycles. The minimum atomic E-state index is -0.00123. The molecule has 0 bridgehead atoms. The number of rotatable bonds is 6. The zero-order valence-electron chi connectivity index (χ0n) is 15.3. The fraction of sp³-hybridized carbons (Fsp3) is 0.421. The van der Waals surface area contributed by atoms with Crippen molar-refractivity contribution in [1.29, 1.82) is 0 Å². The van der Waals surface area contributed by atoms with Gasteiger partial charge in [0.05, 0.1) is 12.7 Å². The van der Waals surface area contributed by atoms with Crippen LogP contribution in [0.5, 0.6) is 5.75 Å². The number of piperazine rings is 1. The van der Waals surface area contributed by atoms with E-state index in [1.165, 1.54) is 0 Å². The highest BCUT2D eigenvalue weighted by Crippen LogP contribution is 2.17. The first-order valence-corrected chi connectivity index (χ1v) is 8.83. The molecule has 0 radical (unpaired) electrons. The van der Waals surface area contributed by atoms with Crippen LogP contribution < -0.4 is 10.1 Å². The van der Waals surface area contributed by atoms with Gasteiger partial charge in [-0.05, 0) is 25.1 Å². The zero-order valence-corrected chi connectivity index (χ0v) is 15.3. The van der Waals surface area contributed by atoms with Crippen LogP contribution in [0.3, 0.4) is 0 Å². The number of carbonyl (C=O) groups is 1. The Balaban J connectivity index is 1.52. The topological polar surface area (TPSA) is 70.6 Å². The van der Waals surface area contributed by atoms with Gasteiger partial charge in [-0.2, -0.15) is 0 Å². The lowest BCUT2D eigenvalue weighted by Crippen LogP contribution is -2.47. The molecule has 1 saturated heterocycles. The second-order valence-electron chi connectivity index (χ2n) is 6.38. The van der Waals surface area contributed by atoms with Gasteiger partial charge in [0.25, 0.3) is 5.91 Å². The van der Waals surface area contributed by atoms with Crippen LogP contribution in [0.25, 0.3) is 0 Å². The maximum absolute atomic E-state index is 12.5. The first kappa shape index (κ1) is 18.1. The maximum Gasteiger partial charge on any atom is 0.257 e. The van der Waals surface area contributed by atoms with Gasteiger partial charge in [0.2, 0.25) is 5.95 Å². The number of ether oxygens (including phenoxy) is 1. The maximum atomic E-state index is 12.5. The number of carbonyl (C=O) groups excluding carboxylic acids is 1. The number of likely N-dealkylation sites (N-methyl/N-ethyl adjacent to an activating group) is 1. The van der Waals surface area contributed by atoms with Gasteiger partial charge in [0, 0.05) is 45.1 Å². The Kier molecular flexibility index (Phi) is 6.01. The van der Waals surface area contributed by atoms with Gasteiger partial charge in [-0.1, -0.05) is 18.2 Å². The van der Waals surface area contributed by atoms with Gasteiger partial charge in [0.15, 0.2) is 0 Å². The monoisotopic (exact) mass is 355 g/mol. The summed E-state index contributed by atoms with van der Waals surface area (Å²) in [4.78, 5) is 25.1. The molecule has 2 aromatic rings. The lowest BCUT2D eigenvalue weighted by atomic mass is 10.1. The van der Waals surface area contributed by atoms with Crippen molar-refractivity contribution in [3.05, 3.63) is 47.8 Å². The average Bonchev–Trinajstić information content (AvgIpc) is 2.69. The third-order valence-corrected chi connectivity index (χ3v) is 4.56. The Labute approximate surface area is 154 Å². The van der Waals surface area contributed by atoms with E-state index in [1.807, 2.05) is 29.2 Å². The summed E-state index contributed by atoms with van der Waals surface area (Å²) in [5.74, 6) is 1.40. The van der Waals surface area contributed by atoms with Crippen LogP contribution in [0, 0.1) is 0 Å². The number of nitrogens with zero attached hydrogens (tertiary/aromatic N) is 4. The van der Waals surface area contributed by atoms with E-state index in [0.29, 0.717) is 18.1 Å². The predicted octanol–water partition coefficient (Wildman–Crippen LogP) is 1.53. The molecule has 1 aromatic heterocycles. The summed E-state index contributed by atoms with van der Waals surface area (Å²) >= 11 is 0. The van der Waals surface area contributed by atoms with E-state index >= 15 is 0 Å². The van der Waals surface area contributed by atoms with E-state index in [4.69, 9.17) is 4.74 Å². The van der Waals surface area contributed by atoms with E-state index in [-0.39, 0.29) is 5.91 Å². The first-order chi connectivity index (χ1) is 12.7. The largest absolute Gasteiger partial charge is 0.496 e. The van der Waals surface area contributed by atoms with E-state index in [0.717, 1.165) is 43.9 Å². The Bertz CT molecular complexity index is 727. The number of hydrogen-bond donors (Lipinski definition) is 1. The molecule has 1 amide bonds. The fourth-order valence-electron chi connectivity index (χ4n) is 2.94. The van der Waals surface area contributed by atoms with E-state index in [1.54, 1.807) is 19.5 Å². The summed E-state index contributed by atoms with van der Waals surface area (Å²) in [6.45, 7) is 3.97. The number of aromatic nitrogens is 2. The minimum absolute atomic E-state index is 0.00123. The van der Waals surface area contributed by atoms with Gasteiger partial charge in [-0.3, -0.25) is 4.79 Å². The fourth-order valence-corrected chi connectivity index (χ4v) is 2.94. The SMILES string of the molecule is COc1ccccc1CCNc1ncc(C(=O)N2CCN(C)CC2)cn1. The summed E-state index contributed by atoms with van der Waals surface area (Å²) in [5.41, 5.74) is 1.66. The number of hydrogen-bond acceptors (Lipinski definition) is 6. The smallest absolute Gasteiger partial charge is 0.257 e. The number of methoxy groups -OCH3 is 1. The second-order valence-corrected chi connectivity index (χ2v) is 6.38. The van der Waals surface area contributed by atoms with Crippen LogP contribution in [0.1, 0.15) is 15.9 Å². The van der Waals surface area contributed by atoms with Crippen LogP contribution >= 0.6 is 0 Å². The first-order valence-electron chi connectivity index (χ1n) is 8.83. The summed E-state index contributed by atoms with van der Waals surface area (Å²) in [6.07, 6.45) is 3.99. The van der Waals surface area contributed by atoms with Crippen molar-refractivity contribution < 1.29 is 9.53 Å². The molecule has 0 atom stereocenters. The summed E-state index contributed by atoms with van der Waals surface area (Å²) in [6, 6.07) is 7.94. The predicted molar refractivity (Wildman–Crippen MR) is 101 cm³/mol. The van der Waals surface area contributed by atoms with Crippen LogP contribution in [-0.4, -0.2) is 72.6 Å². The lowest BCUT2D eigenvalue weighted by Gasteiger charge is -2.32. The number of para-hydroxylation sites is 1. The van der Waals surface area contributed by atoms with Crippen molar-refractivity contribution in [2.75, 3.05) is 52.2 Å². The minimum Gasteiger partial charge on any atom is -0.496 e. The van der Waals surface area contributed by atoms with Crippen molar-refractivity contribution in [2.24, 2.45) is 0 Å². The molecular formula is C19H25N5O2. The molecule has 7 nitrogen and oxygen atoms in total. The average molecular weight is 355 g/mol. The zero-order chi connectivity index (χ0) is 18.4. The summed E-state index contributed by atoms with van der Waals surface area (Å²) in [7, 11) is 3.74. The molecule has 138 valence electrons.